The standard InChI is InChI=1S/C24H43O2P/c1-5-7-9-11-13-15-20-27(21-16-14-12-10-8-6-2)24-22(25-3)18-17-19-23(24)26-4/h17-19H,5-16,20-21H2,1-4H3. The van der Waals surface area contributed by atoms with E-state index in [4.69, 9.17) is 9.47 Å². The van der Waals surface area contributed by atoms with Gasteiger partial charge in [0.15, 0.2) is 0 Å². The normalized spacial score (nSPS) is 11.1. The number of ether oxygens (including phenoxy) is 2. The first-order chi connectivity index (χ1) is 13.3. The topological polar surface area (TPSA) is 18.5 Å². The van der Waals surface area contributed by atoms with Crippen LogP contribution in [0.25, 0.3) is 0 Å². The molecule has 0 bridgehead atoms. The highest BCUT2D eigenvalue weighted by molar-refractivity contribution is 7.66. The van der Waals surface area contributed by atoms with E-state index in [1.54, 1.807) is 14.2 Å². The van der Waals surface area contributed by atoms with Crippen molar-refractivity contribution < 1.29 is 9.47 Å². The van der Waals surface area contributed by atoms with Crippen LogP contribution in [0.5, 0.6) is 11.5 Å². The van der Waals surface area contributed by atoms with E-state index in [1.807, 2.05) is 6.07 Å². The molecule has 0 fully saturated rings. The zero-order valence-corrected chi connectivity index (χ0v) is 19.3. The highest BCUT2D eigenvalue weighted by atomic mass is 31.1. The molecule has 0 atom stereocenters. The van der Waals surface area contributed by atoms with Gasteiger partial charge in [-0.25, -0.2) is 0 Å². The van der Waals surface area contributed by atoms with Gasteiger partial charge in [0, 0.05) is 0 Å². The number of benzene rings is 1. The minimum atomic E-state index is -0.208. The van der Waals surface area contributed by atoms with Crippen molar-refractivity contribution in [2.24, 2.45) is 0 Å². The van der Waals surface area contributed by atoms with Crippen LogP contribution in [-0.4, -0.2) is 26.5 Å². The first-order valence-corrected chi connectivity index (χ1v) is 13.0. The maximum Gasteiger partial charge on any atom is 0.130 e. The molecular weight excluding hydrogens is 351 g/mol. The number of hydrogen-bond acceptors (Lipinski definition) is 2. The van der Waals surface area contributed by atoms with Crippen LogP contribution < -0.4 is 14.8 Å². The van der Waals surface area contributed by atoms with E-state index in [1.165, 1.54) is 94.7 Å². The maximum atomic E-state index is 5.72. The highest BCUT2D eigenvalue weighted by Gasteiger charge is 2.20. The summed E-state index contributed by atoms with van der Waals surface area (Å²) in [6, 6.07) is 6.26. The Morgan fingerprint density at radius 2 is 1.04 bits per heavy atom. The summed E-state index contributed by atoms with van der Waals surface area (Å²) in [5.74, 6) is 2.05. The lowest BCUT2D eigenvalue weighted by Crippen LogP contribution is -2.13. The second-order valence-electron chi connectivity index (χ2n) is 7.53. The molecule has 0 radical (unpaired) electrons. The molecule has 27 heavy (non-hydrogen) atoms. The Morgan fingerprint density at radius 3 is 1.44 bits per heavy atom. The number of unbranched alkanes of at least 4 members (excludes halogenated alkanes) is 10. The molecule has 0 saturated heterocycles. The van der Waals surface area contributed by atoms with Crippen molar-refractivity contribution in [3.8, 4) is 11.5 Å². The molecule has 0 N–H and O–H groups in total. The van der Waals surface area contributed by atoms with Crippen molar-refractivity contribution in [2.45, 2.75) is 90.9 Å². The third-order valence-electron chi connectivity index (χ3n) is 5.28. The van der Waals surface area contributed by atoms with Gasteiger partial charge >= 0.3 is 0 Å². The first kappa shape index (κ1) is 24.3. The summed E-state index contributed by atoms with van der Waals surface area (Å²) in [5, 5.41) is 1.36. The molecule has 0 heterocycles. The summed E-state index contributed by atoms with van der Waals surface area (Å²) in [5.41, 5.74) is 0. The smallest absolute Gasteiger partial charge is 0.130 e. The summed E-state index contributed by atoms with van der Waals surface area (Å²) in [6.07, 6.45) is 19.0. The van der Waals surface area contributed by atoms with E-state index in [2.05, 4.69) is 26.0 Å². The van der Waals surface area contributed by atoms with Gasteiger partial charge in [-0.15, -0.1) is 0 Å². The van der Waals surface area contributed by atoms with E-state index in [9.17, 15) is 0 Å². The van der Waals surface area contributed by atoms with Gasteiger partial charge in [0.1, 0.15) is 11.5 Å². The van der Waals surface area contributed by atoms with Gasteiger partial charge in [0.25, 0.3) is 0 Å². The Morgan fingerprint density at radius 1 is 0.630 bits per heavy atom. The van der Waals surface area contributed by atoms with Gasteiger partial charge < -0.3 is 9.47 Å². The predicted molar refractivity (Wildman–Crippen MR) is 123 cm³/mol. The SMILES string of the molecule is CCCCCCCCP(CCCCCCCC)c1c(OC)cccc1OC. The van der Waals surface area contributed by atoms with Crippen molar-refractivity contribution in [1.82, 2.24) is 0 Å². The van der Waals surface area contributed by atoms with Crippen molar-refractivity contribution in [1.29, 1.82) is 0 Å². The van der Waals surface area contributed by atoms with Crippen molar-refractivity contribution in [3.63, 3.8) is 0 Å². The van der Waals surface area contributed by atoms with Crippen LogP contribution in [0.15, 0.2) is 18.2 Å². The Balaban J connectivity index is 2.67. The number of rotatable bonds is 17. The van der Waals surface area contributed by atoms with E-state index < -0.39 is 0 Å². The van der Waals surface area contributed by atoms with Crippen LogP contribution in [0.2, 0.25) is 0 Å². The number of hydrogen-bond donors (Lipinski definition) is 0. The summed E-state index contributed by atoms with van der Waals surface area (Å²) >= 11 is 0. The molecule has 0 aliphatic heterocycles. The molecular formula is C24H43O2P. The molecule has 3 heteroatoms. The quantitative estimate of drug-likeness (QED) is 0.201. The first-order valence-electron chi connectivity index (χ1n) is 11.2. The fourth-order valence-corrected chi connectivity index (χ4v) is 6.48. The van der Waals surface area contributed by atoms with E-state index in [-0.39, 0.29) is 7.92 Å². The van der Waals surface area contributed by atoms with Crippen molar-refractivity contribution in [3.05, 3.63) is 18.2 Å². The van der Waals surface area contributed by atoms with Crippen LogP contribution in [0.3, 0.4) is 0 Å². The van der Waals surface area contributed by atoms with Gasteiger partial charge in [0.2, 0.25) is 0 Å². The summed E-state index contributed by atoms with van der Waals surface area (Å²) in [7, 11) is 3.38. The molecule has 0 unspecified atom stereocenters. The van der Waals surface area contributed by atoms with Crippen LogP contribution in [0, 0.1) is 0 Å². The lowest BCUT2D eigenvalue weighted by Gasteiger charge is -2.23. The Labute approximate surface area is 170 Å². The minimum absolute atomic E-state index is 0.208. The van der Waals surface area contributed by atoms with Gasteiger partial charge in [-0.3, -0.25) is 0 Å². The average Bonchev–Trinajstić information content (AvgIpc) is 2.70. The lowest BCUT2D eigenvalue weighted by atomic mass is 10.1. The average molecular weight is 395 g/mol. The monoisotopic (exact) mass is 394 g/mol. The molecule has 1 aromatic carbocycles. The third kappa shape index (κ3) is 9.84. The molecule has 0 amide bonds. The van der Waals surface area contributed by atoms with Gasteiger partial charge in [0.05, 0.1) is 19.5 Å². The molecule has 0 saturated carbocycles. The molecule has 0 aliphatic carbocycles. The van der Waals surface area contributed by atoms with Gasteiger partial charge in [-0.2, -0.15) is 0 Å². The summed E-state index contributed by atoms with van der Waals surface area (Å²) in [4.78, 5) is 0. The van der Waals surface area contributed by atoms with Crippen molar-refractivity contribution in [2.75, 3.05) is 26.5 Å². The molecule has 1 aromatic rings. The molecule has 1 rings (SSSR count). The third-order valence-corrected chi connectivity index (χ3v) is 8.07. The minimum Gasteiger partial charge on any atom is -0.496 e. The van der Waals surface area contributed by atoms with Gasteiger partial charge in [-0.05, 0) is 37.3 Å². The molecule has 156 valence electrons. The second-order valence-corrected chi connectivity index (χ2v) is 9.96. The zero-order chi connectivity index (χ0) is 19.7. The fourth-order valence-electron chi connectivity index (χ4n) is 3.64. The lowest BCUT2D eigenvalue weighted by molar-refractivity contribution is 0.400. The Hall–Kier alpha value is -0.750. The van der Waals surface area contributed by atoms with E-state index in [0.717, 1.165) is 11.5 Å². The summed E-state index contributed by atoms with van der Waals surface area (Å²) in [6.45, 7) is 4.57. The molecule has 2 nitrogen and oxygen atoms in total. The largest absolute Gasteiger partial charge is 0.496 e. The molecule has 0 aromatic heterocycles. The zero-order valence-electron chi connectivity index (χ0n) is 18.4. The summed E-state index contributed by atoms with van der Waals surface area (Å²) < 4.78 is 11.4. The second kappa shape index (κ2) is 16.2. The van der Waals surface area contributed by atoms with Gasteiger partial charge in [-0.1, -0.05) is 92.0 Å². The Bertz CT molecular complexity index is 437. The van der Waals surface area contributed by atoms with Crippen LogP contribution in [-0.2, 0) is 0 Å². The van der Waals surface area contributed by atoms with E-state index in [0.29, 0.717) is 0 Å². The van der Waals surface area contributed by atoms with Crippen LogP contribution in [0.1, 0.15) is 90.9 Å². The fraction of sp³-hybridized carbons (Fsp3) is 0.750. The molecule has 0 spiro atoms. The maximum absolute atomic E-state index is 5.72. The van der Waals surface area contributed by atoms with E-state index >= 15 is 0 Å². The molecule has 0 aliphatic rings. The Kier molecular flexibility index (Phi) is 14.6. The van der Waals surface area contributed by atoms with Crippen molar-refractivity contribution >= 4 is 13.2 Å². The van der Waals surface area contributed by atoms with Crippen LogP contribution in [0.4, 0.5) is 0 Å². The van der Waals surface area contributed by atoms with Crippen LogP contribution >= 0.6 is 7.92 Å². The predicted octanol–water partition coefficient (Wildman–Crippen LogP) is 7.53. The number of methoxy groups -OCH3 is 2. The highest BCUT2D eigenvalue weighted by Crippen LogP contribution is 2.43.